The molecule has 0 radical (unpaired) electrons. The first-order valence-electron chi connectivity index (χ1n) is 5.89. The Hall–Kier alpha value is -1.40. The van der Waals surface area contributed by atoms with Gasteiger partial charge in [-0.25, -0.2) is 9.18 Å². The van der Waals surface area contributed by atoms with Crippen LogP contribution in [0.1, 0.15) is 6.42 Å². The molecule has 1 aliphatic carbocycles. The first-order chi connectivity index (χ1) is 9.06. The number of aliphatic hydroxyl groups is 1. The Bertz CT molecular complexity index is 487. The van der Waals surface area contributed by atoms with Crippen molar-refractivity contribution in [3.8, 4) is 0 Å². The fourth-order valence-corrected chi connectivity index (χ4v) is 2.44. The van der Waals surface area contributed by atoms with Gasteiger partial charge in [-0.3, -0.25) is 0 Å². The van der Waals surface area contributed by atoms with Crippen LogP contribution >= 0.6 is 15.9 Å². The van der Waals surface area contributed by atoms with Crippen molar-refractivity contribution < 1.29 is 14.3 Å². The fourth-order valence-electron chi connectivity index (χ4n) is 1.98. The average molecular weight is 329 g/mol. The molecule has 19 heavy (non-hydrogen) atoms. The summed E-state index contributed by atoms with van der Waals surface area (Å²) in [5, 5.41) is 14.3. The Morgan fingerprint density at radius 3 is 2.84 bits per heavy atom. The number of rotatable bonds is 3. The maximum atomic E-state index is 13.1. The Kier molecular flexibility index (Phi) is 4.55. The molecule has 1 aliphatic rings. The summed E-state index contributed by atoms with van der Waals surface area (Å²) in [5.41, 5.74) is 0.380. The Morgan fingerprint density at radius 2 is 2.21 bits per heavy atom. The van der Waals surface area contributed by atoms with E-state index in [9.17, 15) is 9.18 Å². The van der Waals surface area contributed by atoms with Crippen molar-refractivity contribution in [2.45, 2.75) is 12.5 Å². The highest BCUT2D eigenvalue weighted by atomic mass is 79.9. The molecule has 102 valence electrons. The fraction of sp³-hybridized carbons (Fsp3) is 0.308. The number of halogens is 2. The van der Waals surface area contributed by atoms with Gasteiger partial charge in [0.05, 0.1) is 0 Å². The molecule has 2 rings (SSSR count). The summed E-state index contributed by atoms with van der Waals surface area (Å²) in [5.74, 6) is -0.334. The highest BCUT2D eigenvalue weighted by Gasteiger charge is 2.19. The normalized spacial score (nSPS) is 21.4. The zero-order valence-corrected chi connectivity index (χ0v) is 11.7. The summed E-state index contributed by atoms with van der Waals surface area (Å²) in [6.07, 6.45) is 4.41. The summed E-state index contributed by atoms with van der Waals surface area (Å²) < 4.78 is 13.7. The van der Waals surface area contributed by atoms with E-state index in [4.69, 9.17) is 5.11 Å². The third kappa shape index (κ3) is 4.04. The molecule has 3 N–H and O–H groups in total. The standard InChI is InChI=1S/C13H14BrFN2O2/c14-9-4-10(15)6-12(5-9)17-13(19)16-11-2-1-8(3-11)7-18/h1-2,4-6,8,11,18H,3,7H2,(H2,16,17,19)/t8-,11+/m0/s1. The molecular weight excluding hydrogens is 315 g/mol. The van der Waals surface area contributed by atoms with Crippen LogP contribution in [0.2, 0.25) is 0 Å². The van der Waals surface area contributed by atoms with E-state index in [1.54, 1.807) is 6.07 Å². The lowest BCUT2D eigenvalue weighted by Gasteiger charge is -2.13. The van der Waals surface area contributed by atoms with Gasteiger partial charge in [0, 0.05) is 28.7 Å². The molecule has 2 atom stereocenters. The first kappa shape index (κ1) is 14.0. The van der Waals surface area contributed by atoms with Gasteiger partial charge >= 0.3 is 6.03 Å². The quantitative estimate of drug-likeness (QED) is 0.747. The Morgan fingerprint density at radius 1 is 1.42 bits per heavy atom. The second-order valence-electron chi connectivity index (χ2n) is 4.43. The Balaban J connectivity index is 1.89. The van der Waals surface area contributed by atoms with Crippen molar-refractivity contribution in [1.29, 1.82) is 0 Å². The molecule has 1 aromatic carbocycles. The van der Waals surface area contributed by atoms with Crippen LogP contribution in [0.25, 0.3) is 0 Å². The lowest BCUT2D eigenvalue weighted by molar-refractivity contribution is 0.238. The molecule has 0 unspecified atom stereocenters. The van der Waals surface area contributed by atoms with Gasteiger partial charge in [0.25, 0.3) is 0 Å². The lowest BCUT2D eigenvalue weighted by Crippen LogP contribution is -2.36. The number of benzene rings is 1. The monoisotopic (exact) mass is 328 g/mol. The van der Waals surface area contributed by atoms with Crippen LogP contribution < -0.4 is 10.6 Å². The van der Waals surface area contributed by atoms with Crippen molar-refractivity contribution in [2.24, 2.45) is 5.92 Å². The minimum atomic E-state index is -0.425. The van der Waals surface area contributed by atoms with Crippen LogP contribution in [0.4, 0.5) is 14.9 Å². The van der Waals surface area contributed by atoms with Crippen LogP contribution in [0.5, 0.6) is 0 Å². The van der Waals surface area contributed by atoms with E-state index in [1.807, 2.05) is 12.2 Å². The number of hydrogen-bond donors (Lipinski definition) is 3. The maximum Gasteiger partial charge on any atom is 0.319 e. The highest BCUT2D eigenvalue weighted by Crippen LogP contribution is 2.19. The van der Waals surface area contributed by atoms with E-state index in [0.717, 1.165) is 0 Å². The van der Waals surface area contributed by atoms with Crippen LogP contribution in [0.3, 0.4) is 0 Å². The number of carbonyl (C=O) groups is 1. The van der Waals surface area contributed by atoms with Crippen molar-refractivity contribution in [3.05, 3.63) is 40.6 Å². The number of hydrogen-bond acceptors (Lipinski definition) is 2. The number of aliphatic hydroxyl groups excluding tert-OH is 1. The van der Waals surface area contributed by atoms with E-state index in [1.165, 1.54) is 12.1 Å². The summed E-state index contributed by atoms with van der Waals surface area (Å²) >= 11 is 3.16. The van der Waals surface area contributed by atoms with Gasteiger partial charge < -0.3 is 15.7 Å². The third-order valence-electron chi connectivity index (χ3n) is 2.84. The van der Waals surface area contributed by atoms with Crippen molar-refractivity contribution in [1.82, 2.24) is 5.32 Å². The number of amides is 2. The zero-order valence-electron chi connectivity index (χ0n) is 10.1. The SMILES string of the molecule is O=C(Nc1cc(F)cc(Br)c1)N[C@@H]1C=C[C@H](CO)C1. The summed E-state index contributed by atoms with van der Waals surface area (Å²) in [6, 6.07) is 3.67. The number of carbonyl (C=O) groups excluding carboxylic acids is 1. The largest absolute Gasteiger partial charge is 0.396 e. The third-order valence-corrected chi connectivity index (χ3v) is 3.30. The molecule has 0 fully saturated rings. The predicted octanol–water partition coefficient (Wildman–Crippen LogP) is 2.65. The molecule has 0 bridgehead atoms. The average Bonchev–Trinajstić information content (AvgIpc) is 2.74. The lowest BCUT2D eigenvalue weighted by atomic mass is 10.1. The molecule has 0 saturated heterocycles. The molecule has 0 saturated carbocycles. The van der Waals surface area contributed by atoms with Gasteiger partial charge in [-0.1, -0.05) is 28.1 Å². The van der Waals surface area contributed by atoms with Gasteiger partial charge in [0.2, 0.25) is 0 Å². The number of urea groups is 1. The van der Waals surface area contributed by atoms with E-state index < -0.39 is 11.8 Å². The zero-order chi connectivity index (χ0) is 13.8. The second kappa shape index (κ2) is 6.16. The van der Waals surface area contributed by atoms with E-state index in [2.05, 4.69) is 26.6 Å². The van der Waals surface area contributed by atoms with E-state index >= 15 is 0 Å². The van der Waals surface area contributed by atoms with E-state index in [0.29, 0.717) is 16.6 Å². The molecule has 0 heterocycles. The van der Waals surface area contributed by atoms with Crippen LogP contribution in [0.15, 0.2) is 34.8 Å². The molecule has 4 nitrogen and oxygen atoms in total. The topological polar surface area (TPSA) is 61.4 Å². The molecule has 1 aromatic rings. The summed E-state index contributed by atoms with van der Waals surface area (Å²) in [7, 11) is 0. The van der Waals surface area contributed by atoms with Gasteiger partial charge in [0.1, 0.15) is 5.82 Å². The van der Waals surface area contributed by atoms with Crippen molar-refractivity contribution in [3.63, 3.8) is 0 Å². The van der Waals surface area contributed by atoms with Gasteiger partial charge in [-0.15, -0.1) is 0 Å². The molecule has 6 heteroatoms. The van der Waals surface area contributed by atoms with Crippen LogP contribution in [0, 0.1) is 11.7 Å². The molecular formula is C13H14BrFN2O2. The highest BCUT2D eigenvalue weighted by molar-refractivity contribution is 9.10. The number of nitrogens with one attached hydrogen (secondary N) is 2. The smallest absolute Gasteiger partial charge is 0.319 e. The minimum Gasteiger partial charge on any atom is -0.396 e. The van der Waals surface area contributed by atoms with Crippen molar-refractivity contribution in [2.75, 3.05) is 11.9 Å². The van der Waals surface area contributed by atoms with Gasteiger partial charge in [0.15, 0.2) is 0 Å². The number of anilines is 1. The van der Waals surface area contributed by atoms with E-state index in [-0.39, 0.29) is 18.6 Å². The molecule has 0 aliphatic heterocycles. The summed E-state index contributed by atoms with van der Waals surface area (Å²) in [4.78, 5) is 11.7. The van der Waals surface area contributed by atoms with Gasteiger partial charge in [-0.2, -0.15) is 0 Å². The van der Waals surface area contributed by atoms with Crippen molar-refractivity contribution >= 4 is 27.6 Å². The second-order valence-corrected chi connectivity index (χ2v) is 5.34. The first-order valence-corrected chi connectivity index (χ1v) is 6.69. The molecule has 0 spiro atoms. The van der Waals surface area contributed by atoms with Gasteiger partial charge in [-0.05, 0) is 24.6 Å². The Labute approximate surface area is 118 Å². The minimum absolute atomic E-state index is 0.0765. The van der Waals surface area contributed by atoms with Crippen LogP contribution in [-0.4, -0.2) is 23.8 Å². The molecule has 0 aromatic heterocycles. The molecule has 2 amide bonds. The maximum absolute atomic E-state index is 13.1. The predicted molar refractivity (Wildman–Crippen MR) is 74.4 cm³/mol. The summed E-state index contributed by atoms with van der Waals surface area (Å²) in [6.45, 7) is 0.0765. The van der Waals surface area contributed by atoms with Crippen LogP contribution in [-0.2, 0) is 0 Å².